The van der Waals surface area contributed by atoms with Crippen molar-refractivity contribution in [2.24, 2.45) is 5.73 Å². The molecule has 0 amide bonds. The number of hydrogen-bond acceptors (Lipinski definition) is 2. The lowest BCUT2D eigenvalue weighted by Crippen LogP contribution is -2.13. The van der Waals surface area contributed by atoms with Gasteiger partial charge in [0, 0.05) is 12.5 Å². The molecule has 0 saturated carbocycles. The highest BCUT2D eigenvalue weighted by Gasteiger charge is 2.10. The summed E-state index contributed by atoms with van der Waals surface area (Å²) in [6, 6.07) is 16.3. The van der Waals surface area contributed by atoms with Crippen molar-refractivity contribution < 1.29 is 0 Å². The second kappa shape index (κ2) is 4.86. The summed E-state index contributed by atoms with van der Waals surface area (Å²) in [4.78, 5) is 7.93. The van der Waals surface area contributed by atoms with Crippen LogP contribution in [0, 0.1) is 6.92 Å². The van der Waals surface area contributed by atoms with Gasteiger partial charge in [-0.1, -0.05) is 36.4 Å². The molecule has 3 aromatic rings. The van der Waals surface area contributed by atoms with Gasteiger partial charge in [0.1, 0.15) is 5.82 Å². The molecule has 0 aliphatic heterocycles. The fourth-order valence-electron chi connectivity index (χ4n) is 2.30. The maximum atomic E-state index is 6.22. The fraction of sp³-hybridized carbons (Fsp3) is 0.188. The number of aromatic nitrogens is 2. The Morgan fingerprint density at radius 2 is 1.95 bits per heavy atom. The van der Waals surface area contributed by atoms with Crippen LogP contribution in [0.15, 0.2) is 48.5 Å². The largest absolute Gasteiger partial charge is 0.342 e. The van der Waals surface area contributed by atoms with E-state index in [2.05, 4.69) is 41.2 Å². The number of nitrogens with two attached hydrogens (primary N) is 1. The minimum atomic E-state index is -0.0251. The van der Waals surface area contributed by atoms with Gasteiger partial charge < -0.3 is 10.7 Å². The second-order valence-electron chi connectivity index (χ2n) is 4.93. The normalized spacial score (nSPS) is 12.7. The maximum absolute atomic E-state index is 6.22. The monoisotopic (exact) mass is 251 g/mol. The van der Waals surface area contributed by atoms with Crippen molar-refractivity contribution in [2.45, 2.75) is 19.4 Å². The van der Waals surface area contributed by atoms with Crippen molar-refractivity contribution in [3.8, 4) is 0 Å². The van der Waals surface area contributed by atoms with Crippen molar-refractivity contribution >= 4 is 11.0 Å². The van der Waals surface area contributed by atoms with E-state index in [1.807, 2.05) is 24.3 Å². The van der Waals surface area contributed by atoms with Crippen LogP contribution in [-0.2, 0) is 6.42 Å². The first-order valence-corrected chi connectivity index (χ1v) is 6.48. The summed E-state index contributed by atoms with van der Waals surface area (Å²) in [6.07, 6.45) is 0.720. The van der Waals surface area contributed by atoms with E-state index in [-0.39, 0.29) is 6.04 Å². The Balaban J connectivity index is 1.85. The van der Waals surface area contributed by atoms with Crippen LogP contribution in [0.25, 0.3) is 11.0 Å². The second-order valence-corrected chi connectivity index (χ2v) is 4.93. The molecular formula is C16H17N3. The van der Waals surface area contributed by atoms with E-state index >= 15 is 0 Å². The molecular weight excluding hydrogens is 234 g/mol. The molecule has 3 nitrogen and oxygen atoms in total. The highest BCUT2D eigenvalue weighted by atomic mass is 14.9. The molecule has 0 spiro atoms. The Bertz CT molecular complexity index is 686. The zero-order chi connectivity index (χ0) is 13.2. The fourth-order valence-corrected chi connectivity index (χ4v) is 2.30. The molecule has 0 bridgehead atoms. The third kappa shape index (κ3) is 2.51. The molecule has 0 fully saturated rings. The van der Waals surface area contributed by atoms with Gasteiger partial charge in [0.25, 0.3) is 0 Å². The molecule has 0 radical (unpaired) electrons. The maximum Gasteiger partial charge on any atom is 0.109 e. The first-order valence-electron chi connectivity index (χ1n) is 6.48. The zero-order valence-electron chi connectivity index (χ0n) is 10.9. The molecule has 1 unspecified atom stereocenters. The molecule has 0 aliphatic rings. The number of nitrogens with zero attached hydrogens (tertiary/aromatic N) is 1. The van der Waals surface area contributed by atoms with Crippen LogP contribution in [0.4, 0.5) is 0 Å². The first kappa shape index (κ1) is 11.9. The van der Waals surface area contributed by atoms with Crippen molar-refractivity contribution in [2.75, 3.05) is 0 Å². The van der Waals surface area contributed by atoms with Gasteiger partial charge in [-0.15, -0.1) is 0 Å². The van der Waals surface area contributed by atoms with Crippen LogP contribution in [-0.4, -0.2) is 9.97 Å². The lowest BCUT2D eigenvalue weighted by Gasteiger charge is -2.09. The number of imidazole rings is 1. The first-order chi connectivity index (χ1) is 9.22. The third-order valence-corrected chi connectivity index (χ3v) is 3.33. The van der Waals surface area contributed by atoms with Gasteiger partial charge in [-0.25, -0.2) is 4.98 Å². The standard InChI is InChI=1S/C16H17N3/c1-11-7-8-14-15(9-11)19-16(18-14)10-13(17)12-5-3-2-4-6-12/h2-9,13H,10,17H2,1H3,(H,18,19). The molecule has 2 aromatic carbocycles. The third-order valence-electron chi connectivity index (χ3n) is 3.33. The van der Waals surface area contributed by atoms with E-state index in [0.29, 0.717) is 0 Å². The summed E-state index contributed by atoms with van der Waals surface area (Å²) in [5.74, 6) is 0.942. The Morgan fingerprint density at radius 1 is 1.16 bits per heavy atom. The number of benzene rings is 2. The van der Waals surface area contributed by atoms with E-state index in [4.69, 9.17) is 5.73 Å². The van der Waals surface area contributed by atoms with Crippen molar-refractivity contribution in [1.82, 2.24) is 9.97 Å². The number of H-pyrrole nitrogens is 1. The Morgan fingerprint density at radius 3 is 2.74 bits per heavy atom. The molecule has 1 aromatic heterocycles. The van der Waals surface area contributed by atoms with E-state index in [1.165, 1.54) is 5.56 Å². The van der Waals surface area contributed by atoms with Crippen LogP contribution in [0.2, 0.25) is 0 Å². The summed E-state index contributed by atoms with van der Waals surface area (Å²) >= 11 is 0. The van der Waals surface area contributed by atoms with Crippen LogP contribution >= 0.6 is 0 Å². The van der Waals surface area contributed by atoms with Gasteiger partial charge >= 0.3 is 0 Å². The molecule has 0 saturated heterocycles. The van der Waals surface area contributed by atoms with Gasteiger partial charge in [-0.2, -0.15) is 0 Å². The summed E-state index contributed by atoms with van der Waals surface area (Å²) in [5.41, 5.74) is 10.7. The molecule has 3 heteroatoms. The number of fused-ring (bicyclic) bond motifs is 1. The average molecular weight is 251 g/mol. The topological polar surface area (TPSA) is 54.7 Å². The molecule has 3 rings (SSSR count). The van der Waals surface area contributed by atoms with Crippen LogP contribution in [0.5, 0.6) is 0 Å². The van der Waals surface area contributed by atoms with Crippen molar-refractivity contribution in [3.63, 3.8) is 0 Å². The lowest BCUT2D eigenvalue weighted by molar-refractivity contribution is 0.696. The number of rotatable bonds is 3. The van der Waals surface area contributed by atoms with E-state index in [0.717, 1.165) is 28.8 Å². The predicted molar refractivity (Wildman–Crippen MR) is 77.9 cm³/mol. The summed E-state index contributed by atoms with van der Waals surface area (Å²) in [7, 11) is 0. The van der Waals surface area contributed by atoms with Crippen LogP contribution < -0.4 is 5.73 Å². The number of nitrogens with one attached hydrogen (secondary N) is 1. The van der Waals surface area contributed by atoms with E-state index in [1.54, 1.807) is 0 Å². The van der Waals surface area contributed by atoms with Crippen molar-refractivity contribution in [3.05, 3.63) is 65.5 Å². The number of aryl methyl sites for hydroxylation is 1. The molecule has 0 aliphatic carbocycles. The van der Waals surface area contributed by atoms with E-state index < -0.39 is 0 Å². The van der Waals surface area contributed by atoms with E-state index in [9.17, 15) is 0 Å². The quantitative estimate of drug-likeness (QED) is 0.751. The number of hydrogen-bond donors (Lipinski definition) is 2. The smallest absolute Gasteiger partial charge is 0.109 e. The summed E-state index contributed by atoms with van der Waals surface area (Å²) in [6.45, 7) is 2.08. The van der Waals surface area contributed by atoms with Gasteiger partial charge in [0.2, 0.25) is 0 Å². The lowest BCUT2D eigenvalue weighted by atomic mass is 10.0. The summed E-state index contributed by atoms with van der Waals surface area (Å²) in [5, 5.41) is 0. The zero-order valence-corrected chi connectivity index (χ0v) is 10.9. The van der Waals surface area contributed by atoms with Crippen LogP contribution in [0.3, 0.4) is 0 Å². The SMILES string of the molecule is Cc1ccc2nc(CC(N)c3ccccc3)[nH]c2c1. The predicted octanol–water partition coefficient (Wildman–Crippen LogP) is 3.11. The van der Waals surface area contributed by atoms with Gasteiger partial charge in [0.05, 0.1) is 11.0 Å². The number of aromatic amines is 1. The molecule has 19 heavy (non-hydrogen) atoms. The highest BCUT2D eigenvalue weighted by molar-refractivity contribution is 5.75. The molecule has 96 valence electrons. The minimum Gasteiger partial charge on any atom is -0.342 e. The van der Waals surface area contributed by atoms with Crippen molar-refractivity contribution in [1.29, 1.82) is 0 Å². The van der Waals surface area contributed by atoms with Gasteiger partial charge in [-0.3, -0.25) is 0 Å². The Hall–Kier alpha value is -2.13. The molecule has 1 atom stereocenters. The molecule has 3 N–H and O–H groups in total. The Kier molecular flexibility index (Phi) is 3.05. The average Bonchev–Trinajstić information content (AvgIpc) is 2.81. The highest BCUT2D eigenvalue weighted by Crippen LogP contribution is 2.18. The van der Waals surface area contributed by atoms with Crippen LogP contribution in [0.1, 0.15) is 23.0 Å². The van der Waals surface area contributed by atoms with Gasteiger partial charge in [-0.05, 0) is 30.2 Å². The van der Waals surface area contributed by atoms with Gasteiger partial charge in [0.15, 0.2) is 0 Å². The minimum absolute atomic E-state index is 0.0251. The molecule has 1 heterocycles. The summed E-state index contributed by atoms with van der Waals surface area (Å²) < 4.78 is 0. The Labute approximate surface area is 112 Å².